The summed E-state index contributed by atoms with van der Waals surface area (Å²) in [7, 11) is 0. The SMILES string of the molecule is C[C@H]1Cc2ccccc2N1C(=O)COC(=O)Cc1ccc(F)cc1. The van der Waals surface area contributed by atoms with Crippen LogP contribution in [0.5, 0.6) is 0 Å². The number of fused-ring (bicyclic) bond motifs is 1. The van der Waals surface area contributed by atoms with Gasteiger partial charge in [0.25, 0.3) is 5.91 Å². The van der Waals surface area contributed by atoms with Gasteiger partial charge >= 0.3 is 5.97 Å². The molecule has 1 aliphatic heterocycles. The van der Waals surface area contributed by atoms with E-state index in [1.807, 2.05) is 31.2 Å². The van der Waals surface area contributed by atoms with E-state index < -0.39 is 5.97 Å². The van der Waals surface area contributed by atoms with E-state index in [9.17, 15) is 14.0 Å². The Labute approximate surface area is 139 Å². The fourth-order valence-electron chi connectivity index (χ4n) is 2.98. The number of carbonyl (C=O) groups excluding carboxylic acids is 2. The number of esters is 1. The Balaban J connectivity index is 1.57. The van der Waals surface area contributed by atoms with E-state index in [4.69, 9.17) is 4.74 Å². The number of benzene rings is 2. The summed E-state index contributed by atoms with van der Waals surface area (Å²) in [4.78, 5) is 26.0. The van der Waals surface area contributed by atoms with Gasteiger partial charge in [0.15, 0.2) is 6.61 Å². The summed E-state index contributed by atoms with van der Waals surface area (Å²) >= 11 is 0. The molecule has 124 valence electrons. The van der Waals surface area contributed by atoms with Crippen LogP contribution in [0.2, 0.25) is 0 Å². The minimum atomic E-state index is -0.505. The van der Waals surface area contributed by atoms with E-state index >= 15 is 0 Å². The van der Waals surface area contributed by atoms with Crippen LogP contribution in [0.15, 0.2) is 48.5 Å². The minimum absolute atomic E-state index is 0.0136. The molecule has 0 saturated carbocycles. The Morgan fingerprint density at radius 3 is 2.62 bits per heavy atom. The van der Waals surface area contributed by atoms with Crippen LogP contribution >= 0.6 is 0 Å². The van der Waals surface area contributed by atoms with Gasteiger partial charge in [0.05, 0.1) is 6.42 Å². The molecule has 0 N–H and O–H groups in total. The average Bonchev–Trinajstić information content (AvgIpc) is 2.90. The van der Waals surface area contributed by atoms with E-state index in [1.165, 1.54) is 24.3 Å². The van der Waals surface area contributed by atoms with Gasteiger partial charge in [-0.1, -0.05) is 30.3 Å². The number of hydrogen-bond donors (Lipinski definition) is 0. The van der Waals surface area contributed by atoms with Crippen LogP contribution in [-0.4, -0.2) is 24.5 Å². The Hall–Kier alpha value is -2.69. The molecule has 1 amide bonds. The summed E-state index contributed by atoms with van der Waals surface area (Å²) in [6.45, 7) is 1.68. The topological polar surface area (TPSA) is 46.6 Å². The molecule has 0 saturated heterocycles. The van der Waals surface area contributed by atoms with Crippen LogP contribution < -0.4 is 4.90 Å². The Kier molecular flexibility index (Phi) is 4.60. The monoisotopic (exact) mass is 327 g/mol. The van der Waals surface area contributed by atoms with Crippen LogP contribution in [0.1, 0.15) is 18.1 Å². The number of rotatable bonds is 4. The third-order valence-corrected chi connectivity index (χ3v) is 4.09. The molecule has 1 heterocycles. The first-order chi connectivity index (χ1) is 11.5. The molecule has 0 fully saturated rings. The molecule has 1 atom stereocenters. The maximum Gasteiger partial charge on any atom is 0.310 e. The predicted molar refractivity (Wildman–Crippen MR) is 88.2 cm³/mol. The maximum absolute atomic E-state index is 12.8. The molecule has 24 heavy (non-hydrogen) atoms. The molecule has 0 aromatic heterocycles. The zero-order valence-corrected chi connectivity index (χ0v) is 13.4. The van der Waals surface area contributed by atoms with Crippen molar-refractivity contribution in [3.05, 3.63) is 65.5 Å². The number of hydrogen-bond acceptors (Lipinski definition) is 3. The average molecular weight is 327 g/mol. The molecular weight excluding hydrogens is 309 g/mol. The van der Waals surface area contributed by atoms with Crippen molar-refractivity contribution in [1.82, 2.24) is 0 Å². The highest BCUT2D eigenvalue weighted by atomic mass is 19.1. The normalized spacial score (nSPS) is 15.9. The van der Waals surface area contributed by atoms with Crippen molar-refractivity contribution in [2.24, 2.45) is 0 Å². The lowest BCUT2D eigenvalue weighted by Gasteiger charge is -2.22. The number of halogens is 1. The van der Waals surface area contributed by atoms with Crippen LogP contribution in [0.3, 0.4) is 0 Å². The Bertz CT molecular complexity index is 757. The molecule has 0 spiro atoms. The summed E-state index contributed by atoms with van der Waals surface area (Å²) in [5, 5.41) is 0. The van der Waals surface area contributed by atoms with Crippen molar-refractivity contribution in [2.75, 3.05) is 11.5 Å². The van der Waals surface area contributed by atoms with Crippen molar-refractivity contribution >= 4 is 17.6 Å². The molecule has 2 aromatic rings. The predicted octanol–water partition coefficient (Wildman–Crippen LogP) is 2.89. The number of para-hydroxylation sites is 1. The first-order valence-corrected chi connectivity index (χ1v) is 7.84. The quantitative estimate of drug-likeness (QED) is 0.811. The highest BCUT2D eigenvalue weighted by molar-refractivity contribution is 5.97. The van der Waals surface area contributed by atoms with Gasteiger partial charge in [-0.05, 0) is 42.7 Å². The smallest absolute Gasteiger partial charge is 0.310 e. The fourth-order valence-corrected chi connectivity index (χ4v) is 2.98. The molecule has 0 aliphatic carbocycles. The van der Waals surface area contributed by atoms with Gasteiger partial charge in [0.2, 0.25) is 0 Å². The van der Waals surface area contributed by atoms with Gasteiger partial charge in [-0.15, -0.1) is 0 Å². The molecular formula is C19H18FNO3. The number of amides is 1. The number of carbonyl (C=O) groups is 2. The number of ether oxygens (including phenoxy) is 1. The van der Waals surface area contributed by atoms with Crippen molar-refractivity contribution in [3.63, 3.8) is 0 Å². The molecule has 0 radical (unpaired) electrons. The van der Waals surface area contributed by atoms with Crippen LogP contribution in [0.4, 0.5) is 10.1 Å². The maximum atomic E-state index is 12.8. The first kappa shape index (κ1) is 16.2. The second-order valence-electron chi connectivity index (χ2n) is 5.91. The number of nitrogens with zero attached hydrogens (tertiary/aromatic N) is 1. The second kappa shape index (κ2) is 6.83. The summed E-state index contributed by atoms with van der Waals surface area (Å²) in [5.41, 5.74) is 2.65. The summed E-state index contributed by atoms with van der Waals surface area (Å²) in [6.07, 6.45) is 0.811. The van der Waals surface area contributed by atoms with E-state index in [2.05, 4.69) is 0 Å². The van der Waals surface area contributed by atoms with Gasteiger partial charge in [0, 0.05) is 11.7 Å². The number of anilines is 1. The third kappa shape index (κ3) is 3.45. The molecule has 0 bridgehead atoms. The van der Waals surface area contributed by atoms with Crippen molar-refractivity contribution in [2.45, 2.75) is 25.8 Å². The zero-order valence-electron chi connectivity index (χ0n) is 13.4. The van der Waals surface area contributed by atoms with Gasteiger partial charge in [-0.25, -0.2) is 4.39 Å². The molecule has 0 unspecified atom stereocenters. The second-order valence-corrected chi connectivity index (χ2v) is 5.91. The van der Waals surface area contributed by atoms with E-state index in [0.29, 0.717) is 5.56 Å². The lowest BCUT2D eigenvalue weighted by molar-refractivity contribution is -0.147. The molecule has 4 nitrogen and oxygen atoms in total. The van der Waals surface area contributed by atoms with E-state index in [1.54, 1.807) is 4.90 Å². The first-order valence-electron chi connectivity index (χ1n) is 7.84. The largest absolute Gasteiger partial charge is 0.455 e. The van der Waals surface area contributed by atoms with E-state index in [-0.39, 0.29) is 30.8 Å². The zero-order chi connectivity index (χ0) is 17.1. The van der Waals surface area contributed by atoms with Crippen molar-refractivity contribution < 1.29 is 18.7 Å². The van der Waals surface area contributed by atoms with Crippen LogP contribution in [0.25, 0.3) is 0 Å². The summed E-state index contributed by atoms with van der Waals surface area (Å²) in [6, 6.07) is 13.4. The van der Waals surface area contributed by atoms with Gasteiger partial charge < -0.3 is 9.64 Å². The minimum Gasteiger partial charge on any atom is -0.455 e. The molecule has 2 aromatic carbocycles. The van der Waals surface area contributed by atoms with Crippen molar-refractivity contribution in [3.8, 4) is 0 Å². The fraction of sp³-hybridized carbons (Fsp3) is 0.263. The van der Waals surface area contributed by atoms with E-state index in [0.717, 1.165) is 17.7 Å². The van der Waals surface area contributed by atoms with Gasteiger partial charge in [-0.3, -0.25) is 9.59 Å². The van der Waals surface area contributed by atoms with Crippen LogP contribution in [0, 0.1) is 5.82 Å². The Morgan fingerprint density at radius 2 is 1.88 bits per heavy atom. The standard InChI is InChI=1S/C19H18FNO3/c1-13-10-15-4-2-3-5-17(15)21(13)18(22)12-24-19(23)11-14-6-8-16(20)9-7-14/h2-9,13H,10-12H2,1H3/t13-/m0/s1. The highest BCUT2D eigenvalue weighted by Crippen LogP contribution is 2.31. The van der Waals surface area contributed by atoms with Crippen molar-refractivity contribution in [1.29, 1.82) is 0 Å². The molecule has 5 heteroatoms. The van der Waals surface area contributed by atoms with Gasteiger partial charge in [0.1, 0.15) is 5.82 Å². The molecule has 1 aliphatic rings. The lowest BCUT2D eigenvalue weighted by Crippen LogP contribution is -2.38. The molecule has 3 rings (SSSR count). The summed E-state index contributed by atoms with van der Waals surface area (Å²) < 4.78 is 17.9. The third-order valence-electron chi connectivity index (χ3n) is 4.09. The lowest BCUT2D eigenvalue weighted by atomic mass is 10.1. The Morgan fingerprint density at radius 1 is 1.17 bits per heavy atom. The van der Waals surface area contributed by atoms with Crippen LogP contribution in [-0.2, 0) is 27.2 Å². The summed E-state index contributed by atoms with van der Waals surface area (Å²) in [5.74, 6) is -1.10. The highest BCUT2D eigenvalue weighted by Gasteiger charge is 2.30. The van der Waals surface area contributed by atoms with Gasteiger partial charge in [-0.2, -0.15) is 0 Å².